The SMILES string of the molecule is C#CCCNC(=O)c1ccc(-n2cc(NC(=O)c3coc(-c4ccnc(N(CC(F)(F)F)C(=O)OC(C)(C)C)c4)n3)c(C(N)=O)n2)cc1. The molecule has 0 aliphatic heterocycles. The minimum atomic E-state index is -4.77. The number of carbonyl (C=O) groups is 4. The van der Waals surface area contributed by atoms with Crippen LogP contribution in [0.4, 0.5) is 29.5 Å². The molecule has 4 amide bonds. The molecule has 0 saturated carbocycles. The Labute approximate surface area is 271 Å². The molecule has 0 fully saturated rings. The quantitative estimate of drug-likeness (QED) is 0.164. The number of primary amides is 1. The summed E-state index contributed by atoms with van der Waals surface area (Å²) in [6.07, 6.45) is 2.95. The van der Waals surface area contributed by atoms with Gasteiger partial charge in [-0.25, -0.2) is 19.4 Å². The molecule has 4 aromatic rings. The summed E-state index contributed by atoms with van der Waals surface area (Å²) < 4.78 is 51.8. The molecule has 0 saturated heterocycles. The van der Waals surface area contributed by atoms with Crippen LogP contribution >= 0.6 is 0 Å². The van der Waals surface area contributed by atoms with Gasteiger partial charge in [0, 0.05) is 30.3 Å². The molecule has 0 aliphatic carbocycles. The van der Waals surface area contributed by atoms with Gasteiger partial charge in [0.2, 0.25) is 5.89 Å². The Balaban J connectivity index is 1.53. The van der Waals surface area contributed by atoms with Crippen molar-refractivity contribution in [3.05, 3.63) is 72.0 Å². The third kappa shape index (κ3) is 8.96. The fraction of sp³-hybridized carbons (Fsp3) is 0.258. The lowest BCUT2D eigenvalue weighted by Gasteiger charge is -2.27. The Morgan fingerprint density at radius 2 is 1.81 bits per heavy atom. The largest absolute Gasteiger partial charge is 0.444 e. The van der Waals surface area contributed by atoms with Gasteiger partial charge < -0.3 is 25.5 Å². The molecule has 250 valence electrons. The normalized spacial score (nSPS) is 11.4. The number of carbonyl (C=O) groups excluding carboxylic acids is 4. The molecule has 4 rings (SSSR count). The molecule has 0 radical (unpaired) electrons. The van der Waals surface area contributed by atoms with Crippen LogP contribution in [-0.4, -0.2) is 68.4 Å². The van der Waals surface area contributed by atoms with Crippen molar-refractivity contribution in [1.82, 2.24) is 25.1 Å². The lowest BCUT2D eigenvalue weighted by atomic mass is 10.2. The predicted octanol–water partition coefficient (Wildman–Crippen LogP) is 4.33. The zero-order valence-electron chi connectivity index (χ0n) is 25.8. The van der Waals surface area contributed by atoms with E-state index in [1.165, 1.54) is 49.8 Å². The number of alkyl halides is 3. The zero-order valence-corrected chi connectivity index (χ0v) is 25.8. The maximum atomic E-state index is 13.3. The molecule has 17 heteroatoms. The van der Waals surface area contributed by atoms with Crippen LogP contribution in [0.1, 0.15) is 58.5 Å². The second kappa shape index (κ2) is 14.1. The molecule has 14 nitrogen and oxygen atoms in total. The lowest BCUT2D eigenvalue weighted by molar-refractivity contribution is -0.119. The number of rotatable bonds is 10. The van der Waals surface area contributed by atoms with Gasteiger partial charge in [-0.3, -0.25) is 19.3 Å². The molecule has 0 bridgehead atoms. The van der Waals surface area contributed by atoms with E-state index in [-0.39, 0.29) is 34.4 Å². The molecule has 48 heavy (non-hydrogen) atoms. The first-order chi connectivity index (χ1) is 22.5. The monoisotopic (exact) mass is 666 g/mol. The van der Waals surface area contributed by atoms with Gasteiger partial charge in [0.15, 0.2) is 11.4 Å². The fourth-order valence-electron chi connectivity index (χ4n) is 4.03. The summed E-state index contributed by atoms with van der Waals surface area (Å²) in [4.78, 5) is 58.3. The first kappa shape index (κ1) is 34.7. The molecular formula is C31H29F3N8O6. The first-order valence-electron chi connectivity index (χ1n) is 14.1. The van der Waals surface area contributed by atoms with Gasteiger partial charge in [0.05, 0.1) is 17.6 Å². The standard InChI is InChI=1S/C31H29F3N8O6/c1-5-6-12-37-26(44)18-7-9-20(10-8-18)42-15-21(24(40-42)25(35)43)38-27(45)22-16-47-28(39-22)19-11-13-36-23(14-19)41(17-31(32,33)34)29(46)48-30(2,3)4/h1,7-11,13-16H,6,12,17H2,2-4H3,(H2,35,43)(H,37,44)(H,38,45). The molecular weight excluding hydrogens is 637 g/mol. The van der Waals surface area contributed by atoms with Crippen LogP contribution in [-0.2, 0) is 4.74 Å². The molecule has 1 aromatic carbocycles. The highest BCUT2D eigenvalue weighted by molar-refractivity contribution is 6.07. The van der Waals surface area contributed by atoms with Crippen molar-refractivity contribution < 1.29 is 41.5 Å². The fourth-order valence-corrected chi connectivity index (χ4v) is 4.03. The third-order valence-corrected chi connectivity index (χ3v) is 6.10. The topological polar surface area (TPSA) is 188 Å². The van der Waals surface area contributed by atoms with Crippen molar-refractivity contribution in [2.24, 2.45) is 5.73 Å². The minimum Gasteiger partial charge on any atom is -0.444 e. The summed E-state index contributed by atoms with van der Waals surface area (Å²) >= 11 is 0. The number of nitrogens with two attached hydrogens (primary N) is 1. The summed E-state index contributed by atoms with van der Waals surface area (Å²) in [5.74, 6) is -0.292. The first-order valence-corrected chi connectivity index (χ1v) is 14.1. The van der Waals surface area contributed by atoms with Gasteiger partial charge in [-0.2, -0.15) is 18.3 Å². The van der Waals surface area contributed by atoms with Crippen LogP contribution in [0.5, 0.6) is 0 Å². The highest BCUT2D eigenvalue weighted by Gasteiger charge is 2.37. The van der Waals surface area contributed by atoms with Crippen LogP contribution in [0.3, 0.4) is 0 Å². The molecule has 0 spiro atoms. The van der Waals surface area contributed by atoms with Crippen LogP contribution in [0.15, 0.2) is 59.5 Å². The molecule has 3 aromatic heterocycles. The number of nitrogens with zero attached hydrogens (tertiary/aromatic N) is 5. The third-order valence-electron chi connectivity index (χ3n) is 6.10. The highest BCUT2D eigenvalue weighted by atomic mass is 19.4. The van der Waals surface area contributed by atoms with Crippen molar-refractivity contribution in [3.63, 3.8) is 0 Å². The van der Waals surface area contributed by atoms with Crippen molar-refractivity contribution in [3.8, 4) is 29.5 Å². The highest BCUT2D eigenvalue weighted by Crippen LogP contribution is 2.27. The van der Waals surface area contributed by atoms with Gasteiger partial charge in [0.1, 0.15) is 24.2 Å². The molecule has 4 N–H and O–H groups in total. The number of amides is 4. The van der Waals surface area contributed by atoms with Crippen molar-refractivity contribution in [2.45, 2.75) is 39.0 Å². The number of nitrogens with one attached hydrogen (secondary N) is 2. The van der Waals surface area contributed by atoms with E-state index in [2.05, 4.69) is 31.6 Å². The Bertz CT molecular complexity index is 1870. The maximum absolute atomic E-state index is 13.3. The summed E-state index contributed by atoms with van der Waals surface area (Å²) in [7, 11) is 0. The van der Waals surface area contributed by atoms with Gasteiger partial charge in [-0.1, -0.05) is 0 Å². The number of ether oxygens (including phenoxy) is 1. The Morgan fingerprint density at radius 1 is 1.10 bits per heavy atom. The van der Waals surface area contributed by atoms with E-state index in [1.807, 2.05) is 0 Å². The van der Waals surface area contributed by atoms with E-state index in [1.54, 1.807) is 12.1 Å². The lowest BCUT2D eigenvalue weighted by Crippen LogP contribution is -2.42. The van der Waals surface area contributed by atoms with Crippen LogP contribution < -0.4 is 21.3 Å². The Morgan fingerprint density at radius 3 is 2.44 bits per heavy atom. The van der Waals surface area contributed by atoms with Crippen LogP contribution in [0, 0.1) is 12.3 Å². The predicted molar refractivity (Wildman–Crippen MR) is 165 cm³/mol. The summed E-state index contributed by atoms with van der Waals surface area (Å²) in [6.45, 7) is 3.13. The van der Waals surface area contributed by atoms with E-state index in [4.69, 9.17) is 21.3 Å². The van der Waals surface area contributed by atoms with E-state index in [9.17, 15) is 32.3 Å². The van der Waals surface area contributed by atoms with E-state index >= 15 is 0 Å². The number of terminal acetylenes is 1. The van der Waals surface area contributed by atoms with Gasteiger partial charge in [-0.05, 0) is 57.2 Å². The number of oxazole rings is 1. The summed E-state index contributed by atoms with van der Waals surface area (Å²) in [5, 5.41) is 9.29. The van der Waals surface area contributed by atoms with Crippen LogP contribution in [0.25, 0.3) is 17.1 Å². The molecule has 0 unspecified atom stereocenters. The minimum absolute atomic E-state index is 0.0699. The van der Waals surface area contributed by atoms with Crippen molar-refractivity contribution >= 4 is 35.3 Å². The van der Waals surface area contributed by atoms with Crippen LogP contribution in [0.2, 0.25) is 0 Å². The van der Waals surface area contributed by atoms with Crippen molar-refractivity contribution in [2.75, 3.05) is 23.3 Å². The zero-order chi connectivity index (χ0) is 35.2. The van der Waals surface area contributed by atoms with Crippen molar-refractivity contribution in [1.29, 1.82) is 0 Å². The number of halogens is 3. The number of hydrogen-bond acceptors (Lipinski definition) is 9. The summed E-state index contributed by atoms with van der Waals surface area (Å²) in [5.41, 5.74) is 4.64. The number of aromatic nitrogens is 4. The molecule has 0 aliphatic rings. The maximum Gasteiger partial charge on any atom is 0.416 e. The van der Waals surface area contributed by atoms with E-state index in [0.29, 0.717) is 29.1 Å². The molecule has 0 atom stereocenters. The molecule has 3 heterocycles. The smallest absolute Gasteiger partial charge is 0.416 e. The number of benzene rings is 1. The van der Waals surface area contributed by atoms with E-state index in [0.717, 1.165) is 18.5 Å². The van der Waals surface area contributed by atoms with Gasteiger partial charge in [0.25, 0.3) is 17.7 Å². The number of hydrogen-bond donors (Lipinski definition) is 3. The average molecular weight is 667 g/mol. The van der Waals surface area contributed by atoms with Gasteiger partial charge >= 0.3 is 12.3 Å². The average Bonchev–Trinajstić information content (AvgIpc) is 3.67. The summed E-state index contributed by atoms with van der Waals surface area (Å²) in [6, 6.07) is 8.64. The number of pyridine rings is 1. The van der Waals surface area contributed by atoms with Gasteiger partial charge in [-0.15, -0.1) is 12.3 Å². The Hall–Kier alpha value is -6.18. The Kier molecular flexibility index (Phi) is 10.2. The number of anilines is 2. The second-order valence-electron chi connectivity index (χ2n) is 11.0. The second-order valence-corrected chi connectivity index (χ2v) is 11.0. The van der Waals surface area contributed by atoms with E-state index < -0.39 is 42.0 Å².